The first kappa shape index (κ1) is 20.8. The van der Waals surface area contributed by atoms with Gasteiger partial charge >= 0.3 is 5.97 Å². The van der Waals surface area contributed by atoms with Crippen LogP contribution in [-0.2, 0) is 11.3 Å². The van der Waals surface area contributed by atoms with E-state index in [1.165, 1.54) is 12.8 Å². The van der Waals surface area contributed by atoms with Crippen molar-refractivity contribution in [3.63, 3.8) is 0 Å². The van der Waals surface area contributed by atoms with E-state index in [9.17, 15) is 4.79 Å². The molecule has 1 heterocycles. The minimum absolute atomic E-state index is 0. The summed E-state index contributed by atoms with van der Waals surface area (Å²) in [6.45, 7) is 7.12. The normalized spacial score (nSPS) is 12.4. The van der Waals surface area contributed by atoms with Crippen LogP contribution in [0.3, 0.4) is 0 Å². The second-order valence-corrected chi connectivity index (χ2v) is 4.72. The van der Waals surface area contributed by atoms with E-state index in [1.807, 2.05) is 19.9 Å². The van der Waals surface area contributed by atoms with Gasteiger partial charge in [-0.3, -0.25) is 4.79 Å². The molecule has 2 unspecified atom stereocenters. The maximum absolute atomic E-state index is 10.2. The molecule has 0 aliphatic carbocycles. The van der Waals surface area contributed by atoms with Crippen LogP contribution in [0.4, 0.5) is 0 Å². The zero-order chi connectivity index (χ0) is 14.7. The van der Waals surface area contributed by atoms with Gasteiger partial charge < -0.3 is 17.0 Å². The van der Waals surface area contributed by atoms with E-state index in [0.29, 0.717) is 0 Å². The third kappa shape index (κ3) is 9.47. The van der Waals surface area contributed by atoms with Crippen LogP contribution in [0.25, 0.3) is 0 Å². The Labute approximate surface area is 122 Å². The van der Waals surface area contributed by atoms with Gasteiger partial charge in [-0.1, -0.05) is 39.7 Å². The molecule has 0 spiro atoms. The Balaban J connectivity index is 0. The van der Waals surface area contributed by atoms with Crippen LogP contribution in [0.1, 0.15) is 40.0 Å². The minimum Gasteiger partial charge on any atom is -0.480 e. The summed E-state index contributed by atoms with van der Waals surface area (Å²) < 4.78 is 2.21. The van der Waals surface area contributed by atoms with Crippen molar-refractivity contribution in [3.05, 3.63) is 30.6 Å². The molecule has 20 heavy (non-hydrogen) atoms. The fourth-order valence-corrected chi connectivity index (χ4v) is 1.42. The van der Waals surface area contributed by atoms with Crippen LogP contribution in [0.5, 0.6) is 0 Å². The number of aromatic nitrogens is 1. The predicted molar refractivity (Wildman–Crippen MR) is 81.6 cm³/mol. The lowest BCUT2D eigenvalue weighted by Gasteiger charge is -2.11. The van der Waals surface area contributed by atoms with Crippen molar-refractivity contribution >= 4 is 5.97 Å². The Morgan fingerprint density at radius 1 is 1.25 bits per heavy atom. The number of aryl methyl sites for hydroxylation is 1. The van der Waals surface area contributed by atoms with E-state index in [2.05, 4.69) is 36.0 Å². The van der Waals surface area contributed by atoms with Crippen LogP contribution in [0.2, 0.25) is 0 Å². The molecule has 5 nitrogen and oxygen atoms in total. The van der Waals surface area contributed by atoms with Gasteiger partial charge in [-0.25, -0.2) is 4.57 Å². The van der Waals surface area contributed by atoms with Gasteiger partial charge in [0.25, 0.3) is 0 Å². The van der Waals surface area contributed by atoms with Gasteiger partial charge in [0.2, 0.25) is 0 Å². The van der Waals surface area contributed by atoms with Crippen LogP contribution >= 0.6 is 0 Å². The largest absolute Gasteiger partial charge is 0.480 e. The molecule has 2 atom stereocenters. The second-order valence-electron chi connectivity index (χ2n) is 4.72. The average Bonchev–Trinajstić information content (AvgIpc) is 2.45. The number of carboxylic acids is 1. The molecule has 0 bridgehead atoms. The molecule has 1 rings (SSSR count). The quantitative estimate of drug-likeness (QED) is 0.698. The molecule has 0 aromatic carbocycles. The molecule has 0 saturated carbocycles. The number of carbonyl (C=O) groups is 1. The van der Waals surface area contributed by atoms with Crippen molar-refractivity contribution in [1.29, 1.82) is 0 Å². The number of pyridine rings is 1. The summed E-state index contributed by atoms with van der Waals surface area (Å²) in [5.74, 6) is -0.841. The molecule has 1 aromatic rings. The van der Waals surface area contributed by atoms with Crippen molar-refractivity contribution in [2.45, 2.75) is 52.6 Å². The summed E-state index contributed by atoms with van der Waals surface area (Å²) in [5.41, 5.74) is 5.27. The van der Waals surface area contributed by atoms with Gasteiger partial charge in [0, 0.05) is 18.6 Å². The van der Waals surface area contributed by atoms with Gasteiger partial charge in [0.05, 0.1) is 0 Å². The molecule has 0 fully saturated rings. The molecular weight excluding hydrogens is 254 g/mol. The summed E-state index contributed by atoms with van der Waals surface area (Å²) >= 11 is 0. The van der Waals surface area contributed by atoms with Crippen molar-refractivity contribution in [2.75, 3.05) is 0 Å². The fourth-order valence-electron chi connectivity index (χ4n) is 1.42. The maximum atomic E-state index is 10.2. The van der Waals surface area contributed by atoms with Gasteiger partial charge in [-0.15, -0.1) is 0 Å². The van der Waals surface area contributed by atoms with Crippen molar-refractivity contribution in [1.82, 2.24) is 6.15 Å². The van der Waals surface area contributed by atoms with E-state index in [0.717, 1.165) is 13.0 Å². The Morgan fingerprint density at radius 3 is 2.15 bits per heavy atom. The highest BCUT2D eigenvalue weighted by Gasteiger charge is 2.17. The van der Waals surface area contributed by atoms with Crippen LogP contribution in [0, 0.1) is 5.92 Å². The lowest BCUT2D eigenvalue weighted by atomic mass is 10.0. The van der Waals surface area contributed by atoms with E-state index < -0.39 is 12.0 Å². The van der Waals surface area contributed by atoms with Crippen molar-refractivity contribution in [3.8, 4) is 0 Å². The first-order valence-corrected chi connectivity index (χ1v) is 6.95. The third-order valence-corrected chi connectivity index (χ3v) is 3.09. The van der Waals surface area contributed by atoms with E-state index in [-0.39, 0.29) is 12.1 Å². The highest BCUT2D eigenvalue weighted by molar-refractivity contribution is 5.73. The Hall–Kier alpha value is -1.46. The first-order chi connectivity index (χ1) is 9.02. The second kappa shape index (κ2) is 12.6. The number of nitrogens with zero attached hydrogens (tertiary/aromatic N) is 1. The molecule has 0 radical (unpaired) electrons. The van der Waals surface area contributed by atoms with E-state index >= 15 is 0 Å². The number of hydrogen-bond acceptors (Lipinski definition) is 3. The van der Waals surface area contributed by atoms with Crippen LogP contribution < -0.4 is 16.5 Å². The number of nitrogens with two attached hydrogens (primary N) is 1. The Morgan fingerprint density at radius 2 is 1.80 bits per heavy atom. The monoisotopic (exact) mass is 284 g/mol. The lowest BCUT2D eigenvalue weighted by molar-refractivity contribution is -0.697. The lowest BCUT2D eigenvalue weighted by Crippen LogP contribution is -2.36. The summed E-state index contributed by atoms with van der Waals surface area (Å²) in [5, 5.41) is 8.36. The zero-order valence-electron chi connectivity index (χ0n) is 13.0. The summed E-state index contributed by atoms with van der Waals surface area (Å²) in [6.07, 6.45) is 7.56. The van der Waals surface area contributed by atoms with Gasteiger partial charge in [0.1, 0.15) is 12.6 Å². The van der Waals surface area contributed by atoms with Crippen LogP contribution in [-0.4, -0.2) is 17.1 Å². The van der Waals surface area contributed by atoms with Crippen molar-refractivity contribution < 1.29 is 14.5 Å². The number of carboxylic acid groups (broad SMARTS) is 1. The molecule has 5 heteroatoms. The third-order valence-electron chi connectivity index (χ3n) is 3.09. The zero-order valence-corrected chi connectivity index (χ0v) is 13.0. The van der Waals surface area contributed by atoms with Crippen molar-refractivity contribution in [2.24, 2.45) is 11.7 Å². The summed E-state index contributed by atoms with van der Waals surface area (Å²) in [7, 11) is 0. The molecule has 0 amide bonds. The fraction of sp³-hybridized carbons (Fsp3) is 0.600. The molecular formula is C15H30N3O2+. The van der Waals surface area contributed by atoms with E-state index in [4.69, 9.17) is 10.8 Å². The van der Waals surface area contributed by atoms with E-state index in [1.54, 1.807) is 0 Å². The molecule has 1 aromatic heterocycles. The molecule has 116 valence electrons. The van der Waals surface area contributed by atoms with Crippen LogP contribution in [0.15, 0.2) is 30.6 Å². The highest BCUT2D eigenvalue weighted by Crippen LogP contribution is 2.04. The van der Waals surface area contributed by atoms with Gasteiger partial charge in [-0.05, 0) is 5.92 Å². The summed E-state index contributed by atoms with van der Waals surface area (Å²) in [4.78, 5) is 10.2. The molecule has 0 aliphatic rings. The Kier molecular flexibility index (Phi) is 13.1. The number of aliphatic carboxylic acids is 1. The average molecular weight is 284 g/mol. The topological polar surface area (TPSA) is 102 Å². The smallest absolute Gasteiger partial charge is 0.320 e. The van der Waals surface area contributed by atoms with Gasteiger partial charge in [0.15, 0.2) is 12.4 Å². The molecule has 0 aliphatic heterocycles. The maximum Gasteiger partial charge on any atom is 0.320 e. The molecule has 0 saturated heterocycles. The predicted octanol–water partition coefficient (Wildman–Crippen LogP) is 2.38. The summed E-state index contributed by atoms with van der Waals surface area (Å²) in [6, 6.07) is 5.48. The molecule has 6 N–H and O–H groups in total. The number of rotatable bonds is 6. The first-order valence-electron chi connectivity index (χ1n) is 6.95. The Bertz CT molecular complexity index is 344. The highest BCUT2D eigenvalue weighted by atomic mass is 16.4. The van der Waals surface area contributed by atoms with Gasteiger partial charge in [-0.2, -0.15) is 0 Å². The number of unbranched alkanes of at least 4 members (excludes halogenated alkanes) is 1. The SMILES string of the molecule is CCC(C)C(N)C(=O)O.CCCC[n+]1ccccc1.N. The minimum atomic E-state index is -0.913. The number of hydrogen-bond donors (Lipinski definition) is 3. The standard InChI is InChI=1S/C9H14N.C6H13NO2.H3N/c1-2-3-7-10-8-5-4-6-9-10;1-3-4(2)5(7)6(8)9;/h4-6,8-9H,2-3,7H2,1H3;4-5H,3,7H2,1-2H3,(H,8,9);1H3/q+1;;.